The van der Waals surface area contributed by atoms with Gasteiger partial charge in [-0.1, -0.05) is 19.1 Å². The summed E-state index contributed by atoms with van der Waals surface area (Å²) in [6.07, 6.45) is 4.16. The Kier molecular flexibility index (Phi) is 5.74. The van der Waals surface area contributed by atoms with Crippen LogP contribution in [0.1, 0.15) is 30.0 Å². The van der Waals surface area contributed by atoms with Crippen molar-refractivity contribution in [2.45, 2.75) is 38.6 Å². The number of sulfonamides is 1. The van der Waals surface area contributed by atoms with Crippen LogP contribution in [0.15, 0.2) is 41.6 Å². The Morgan fingerprint density at radius 1 is 1.22 bits per heavy atom. The van der Waals surface area contributed by atoms with Gasteiger partial charge >= 0.3 is 0 Å². The van der Waals surface area contributed by atoms with E-state index in [0.717, 1.165) is 17.5 Å². The summed E-state index contributed by atoms with van der Waals surface area (Å²) in [5.74, 6) is 0.610. The van der Waals surface area contributed by atoms with Gasteiger partial charge in [-0.15, -0.1) is 0 Å². The molecule has 0 atom stereocenters. The molecule has 124 valence electrons. The molecule has 0 radical (unpaired) electrons. The lowest BCUT2D eigenvalue weighted by molar-refractivity contribution is 0.314. The Labute approximate surface area is 137 Å². The standard InChI is InChI=1S/C17H22N2O3S/c1-4-8-22-16-10-17(14(3)9-13(16)2)23(20,21)19-12-15-6-5-7-18-11-15/h5-7,9-11,19H,4,8,12H2,1-3H3. The smallest absolute Gasteiger partial charge is 0.241 e. The van der Waals surface area contributed by atoms with Crippen molar-refractivity contribution in [3.8, 4) is 5.75 Å². The topological polar surface area (TPSA) is 68.3 Å². The Morgan fingerprint density at radius 2 is 2.00 bits per heavy atom. The van der Waals surface area contributed by atoms with Gasteiger partial charge in [-0.3, -0.25) is 4.98 Å². The van der Waals surface area contributed by atoms with E-state index in [1.54, 1.807) is 31.5 Å². The highest BCUT2D eigenvalue weighted by Crippen LogP contribution is 2.26. The molecule has 5 nitrogen and oxygen atoms in total. The molecule has 1 aromatic carbocycles. The van der Waals surface area contributed by atoms with Gasteiger partial charge in [0.2, 0.25) is 10.0 Å². The fourth-order valence-corrected chi connectivity index (χ4v) is 3.49. The second kappa shape index (κ2) is 7.57. The highest BCUT2D eigenvalue weighted by Gasteiger charge is 2.19. The SMILES string of the molecule is CCCOc1cc(S(=O)(=O)NCc2cccnc2)c(C)cc1C. The lowest BCUT2D eigenvalue weighted by Gasteiger charge is -2.14. The van der Waals surface area contributed by atoms with E-state index < -0.39 is 10.0 Å². The molecule has 0 aliphatic heterocycles. The van der Waals surface area contributed by atoms with Crippen molar-refractivity contribution < 1.29 is 13.2 Å². The third kappa shape index (κ3) is 4.53. The maximum atomic E-state index is 12.6. The van der Waals surface area contributed by atoms with E-state index >= 15 is 0 Å². The van der Waals surface area contributed by atoms with E-state index in [1.807, 2.05) is 26.0 Å². The number of pyridine rings is 1. The second-order valence-corrected chi connectivity index (χ2v) is 7.15. The first kappa shape index (κ1) is 17.4. The lowest BCUT2D eigenvalue weighted by atomic mass is 10.1. The van der Waals surface area contributed by atoms with Gasteiger partial charge in [0.15, 0.2) is 0 Å². The van der Waals surface area contributed by atoms with Crippen molar-refractivity contribution in [1.29, 1.82) is 0 Å². The van der Waals surface area contributed by atoms with E-state index in [-0.39, 0.29) is 11.4 Å². The van der Waals surface area contributed by atoms with E-state index in [0.29, 0.717) is 17.9 Å². The van der Waals surface area contributed by atoms with Crippen molar-refractivity contribution >= 4 is 10.0 Å². The quantitative estimate of drug-likeness (QED) is 0.845. The van der Waals surface area contributed by atoms with Crippen LogP contribution in [0.25, 0.3) is 0 Å². The molecular weight excluding hydrogens is 312 g/mol. The highest BCUT2D eigenvalue weighted by molar-refractivity contribution is 7.89. The molecule has 23 heavy (non-hydrogen) atoms. The predicted octanol–water partition coefficient (Wildman–Crippen LogP) is 2.97. The summed E-state index contributed by atoms with van der Waals surface area (Å²) >= 11 is 0. The molecule has 0 aliphatic rings. The van der Waals surface area contributed by atoms with Gasteiger partial charge in [-0.25, -0.2) is 13.1 Å². The van der Waals surface area contributed by atoms with Crippen LogP contribution in [0.3, 0.4) is 0 Å². The fourth-order valence-electron chi connectivity index (χ4n) is 2.23. The highest BCUT2D eigenvalue weighted by atomic mass is 32.2. The molecule has 6 heteroatoms. The van der Waals surface area contributed by atoms with Crippen LogP contribution < -0.4 is 9.46 Å². The molecule has 0 saturated heterocycles. The van der Waals surface area contributed by atoms with E-state index in [4.69, 9.17) is 4.74 Å². The normalized spacial score (nSPS) is 11.4. The number of hydrogen-bond acceptors (Lipinski definition) is 4. The Morgan fingerprint density at radius 3 is 2.65 bits per heavy atom. The molecule has 0 aliphatic carbocycles. The third-order valence-electron chi connectivity index (χ3n) is 3.41. The molecule has 2 aromatic rings. The lowest BCUT2D eigenvalue weighted by Crippen LogP contribution is -2.24. The van der Waals surface area contributed by atoms with Crippen molar-refractivity contribution in [3.63, 3.8) is 0 Å². The van der Waals surface area contributed by atoms with Crippen molar-refractivity contribution in [1.82, 2.24) is 9.71 Å². The zero-order chi connectivity index (χ0) is 16.9. The van der Waals surface area contributed by atoms with E-state index in [1.165, 1.54) is 0 Å². The van der Waals surface area contributed by atoms with Gasteiger partial charge in [-0.2, -0.15) is 0 Å². The van der Waals surface area contributed by atoms with Crippen molar-refractivity contribution in [2.75, 3.05) is 6.61 Å². The number of aromatic nitrogens is 1. The van der Waals surface area contributed by atoms with Crippen LogP contribution in [-0.4, -0.2) is 20.0 Å². The van der Waals surface area contributed by atoms with Crippen LogP contribution in [0.2, 0.25) is 0 Å². The zero-order valence-electron chi connectivity index (χ0n) is 13.7. The second-order valence-electron chi connectivity index (χ2n) is 5.42. The Bertz CT molecular complexity index is 759. The summed E-state index contributed by atoms with van der Waals surface area (Å²) in [4.78, 5) is 4.23. The van der Waals surface area contributed by atoms with Crippen molar-refractivity contribution in [2.24, 2.45) is 0 Å². The molecule has 0 unspecified atom stereocenters. The minimum Gasteiger partial charge on any atom is -0.493 e. The largest absolute Gasteiger partial charge is 0.493 e. The third-order valence-corrected chi connectivity index (χ3v) is 4.96. The molecule has 0 bridgehead atoms. The Balaban J connectivity index is 2.24. The molecular formula is C17H22N2O3S. The number of nitrogens with one attached hydrogen (secondary N) is 1. The minimum absolute atomic E-state index is 0.203. The average molecular weight is 334 g/mol. The number of nitrogens with zero attached hydrogens (tertiary/aromatic N) is 1. The summed E-state index contributed by atoms with van der Waals surface area (Å²) in [5.41, 5.74) is 2.44. The maximum Gasteiger partial charge on any atom is 0.241 e. The molecule has 0 fully saturated rings. The van der Waals surface area contributed by atoms with E-state index in [9.17, 15) is 8.42 Å². The van der Waals surface area contributed by atoms with Gasteiger partial charge in [0.25, 0.3) is 0 Å². The Hall–Kier alpha value is -1.92. The number of aryl methyl sites for hydroxylation is 2. The molecule has 0 spiro atoms. The van der Waals surface area contributed by atoms with Crippen LogP contribution in [0.4, 0.5) is 0 Å². The van der Waals surface area contributed by atoms with Crippen LogP contribution in [-0.2, 0) is 16.6 Å². The number of hydrogen-bond donors (Lipinski definition) is 1. The first-order valence-corrected chi connectivity index (χ1v) is 9.05. The molecule has 1 N–H and O–H groups in total. The molecule has 1 aromatic heterocycles. The number of benzene rings is 1. The summed E-state index contributed by atoms with van der Waals surface area (Å²) in [6, 6.07) is 7.04. The predicted molar refractivity (Wildman–Crippen MR) is 90.0 cm³/mol. The molecule has 1 heterocycles. The van der Waals surface area contributed by atoms with Crippen LogP contribution >= 0.6 is 0 Å². The molecule has 0 amide bonds. The van der Waals surface area contributed by atoms with E-state index in [2.05, 4.69) is 9.71 Å². The first-order valence-electron chi connectivity index (χ1n) is 7.56. The van der Waals surface area contributed by atoms with Crippen LogP contribution in [0, 0.1) is 13.8 Å². The maximum absolute atomic E-state index is 12.6. The van der Waals surface area contributed by atoms with Gasteiger partial charge in [0, 0.05) is 25.0 Å². The molecule has 0 saturated carbocycles. The summed E-state index contributed by atoms with van der Waals surface area (Å²) in [5, 5.41) is 0. The molecule has 2 rings (SSSR count). The average Bonchev–Trinajstić information content (AvgIpc) is 2.53. The summed E-state index contributed by atoms with van der Waals surface area (Å²) < 4.78 is 33.4. The number of rotatable bonds is 7. The van der Waals surface area contributed by atoms with Gasteiger partial charge in [-0.05, 0) is 43.0 Å². The monoisotopic (exact) mass is 334 g/mol. The van der Waals surface area contributed by atoms with Crippen molar-refractivity contribution in [3.05, 3.63) is 53.3 Å². The summed E-state index contributed by atoms with van der Waals surface area (Å²) in [7, 11) is -3.61. The number of ether oxygens (including phenoxy) is 1. The minimum atomic E-state index is -3.61. The summed E-state index contributed by atoms with van der Waals surface area (Å²) in [6.45, 7) is 6.48. The van der Waals surface area contributed by atoms with Gasteiger partial charge in [0.1, 0.15) is 5.75 Å². The first-order chi connectivity index (χ1) is 10.9. The zero-order valence-corrected chi connectivity index (χ0v) is 14.5. The van der Waals surface area contributed by atoms with Crippen LogP contribution in [0.5, 0.6) is 5.75 Å². The fraction of sp³-hybridized carbons (Fsp3) is 0.353. The van der Waals surface area contributed by atoms with Gasteiger partial charge < -0.3 is 4.74 Å². The van der Waals surface area contributed by atoms with Gasteiger partial charge in [0.05, 0.1) is 11.5 Å².